The van der Waals surface area contributed by atoms with Gasteiger partial charge in [0.25, 0.3) is 0 Å². The molecule has 1 saturated heterocycles. The smallest absolute Gasteiger partial charge is 0.399 e. The molecule has 4 heteroatoms. The monoisotopic (exact) mass is 238 g/mol. The van der Waals surface area contributed by atoms with E-state index >= 15 is 0 Å². The summed E-state index contributed by atoms with van der Waals surface area (Å²) >= 11 is 1.72. The van der Waals surface area contributed by atoms with Crippen LogP contribution in [0.25, 0.3) is 0 Å². The van der Waals surface area contributed by atoms with Crippen molar-refractivity contribution < 1.29 is 9.31 Å². The average Bonchev–Trinajstić information content (AvgIpc) is 2.54. The van der Waals surface area contributed by atoms with Gasteiger partial charge >= 0.3 is 7.12 Å². The van der Waals surface area contributed by atoms with Gasteiger partial charge in [-0.15, -0.1) is 0 Å². The molecule has 2 heterocycles. The summed E-state index contributed by atoms with van der Waals surface area (Å²) in [7, 11) is -0.205. The summed E-state index contributed by atoms with van der Waals surface area (Å²) in [4.78, 5) is 0. The van der Waals surface area contributed by atoms with Crippen molar-refractivity contribution in [2.45, 2.75) is 52.7 Å². The summed E-state index contributed by atoms with van der Waals surface area (Å²) in [6, 6.07) is 0. The molecule has 0 spiro atoms. The van der Waals surface area contributed by atoms with E-state index in [9.17, 15) is 0 Å². The van der Waals surface area contributed by atoms with Gasteiger partial charge in [0.05, 0.1) is 11.2 Å². The van der Waals surface area contributed by atoms with Crippen molar-refractivity contribution >= 4 is 23.2 Å². The minimum atomic E-state index is -0.248. The fourth-order valence-electron chi connectivity index (χ4n) is 1.71. The standard InChI is InChI=1S/C12H19BO2S/c1-8-7-16-10(9(8)2)13-14-11(3,4)12(5,6)15-13/h7H,1-6H3. The zero-order valence-corrected chi connectivity index (χ0v) is 11.7. The fraction of sp³-hybridized carbons (Fsp3) is 0.667. The molecule has 0 atom stereocenters. The van der Waals surface area contributed by atoms with E-state index < -0.39 is 0 Å². The summed E-state index contributed by atoms with van der Waals surface area (Å²) in [6.07, 6.45) is 0. The minimum absolute atomic E-state index is 0.205. The first-order valence-electron chi connectivity index (χ1n) is 5.65. The van der Waals surface area contributed by atoms with Crippen LogP contribution in [0.5, 0.6) is 0 Å². The van der Waals surface area contributed by atoms with Crippen LogP contribution in [-0.4, -0.2) is 18.3 Å². The Kier molecular flexibility index (Phi) is 2.72. The van der Waals surface area contributed by atoms with Gasteiger partial charge in [-0.05, 0) is 58.0 Å². The molecule has 88 valence electrons. The lowest BCUT2D eigenvalue weighted by Gasteiger charge is -2.32. The predicted molar refractivity (Wildman–Crippen MR) is 69.5 cm³/mol. The molecule has 1 fully saturated rings. The quantitative estimate of drug-likeness (QED) is 0.700. The van der Waals surface area contributed by atoms with Crippen molar-refractivity contribution in [3.8, 4) is 0 Å². The second kappa shape index (κ2) is 3.59. The van der Waals surface area contributed by atoms with Gasteiger partial charge in [-0.3, -0.25) is 0 Å². The molecule has 16 heavy (non-hydrogen) atoms. The summed E-state index contributed by atoms with van der Waals surface area (Å²) in [5.41, 5.74) is 2.11. The third kappa shape index (κ3) is 1.73. The van der Waals surface area contributed by atoms with Crippen LogP contribution in [-0.2, 0) is 9.31 Å². The Hall–Kier alpha value is -0.315. The Morgan fingerprint density at radius 2 is 1.56 bits per heavy atom. The van der Waals surface area contributed by atoms with Crippen LogP contribution in [0.3, 0.4) is 0 Å². The highest BCUT2D eigenvalue weighted by Crippen LogP contribution is 2.37. The molecule has 0 unspecified atom stereocenters. The summed E-state index contributed by atoms with van der Waals surface area (Å²) in [5.74, 6) is 0. The molecule has 0 aliphatic carbocycles. The number of hydrogen-bond donors (Lipinski definition) is 0. The van der Waals surface area contributed by atoms with E-state index in [2.05, 4.69) is 46.9 Å². The Balaban J connectivity index is 2.30. The van der Waals surface area contributed by atoms with Gasteiger partial charge in [-0.1, -0.05) is 0 Å². The molecule has 0 saturated carbocycles. The average molecular weight is 238 g/mol. The molecular formula is C12H19BO2S. The molecule has 1 aliphatic rings. The Morgan fingerprint density at radius 3 is 1.94 bits per heavy atom. The van der Waals surface area contributed by atoms with Gasteiger partial charge in [0.2, 0.25) is 0 Å². The molecule has 2 nitrogen and oxygen atoms in total. The van der Waals surface area contributed by atoms with Crippen LogP contribution in [0.2, 0.25) is 0 Å². The summed E-state index contributed by atoms with van der Waals surface area (Å²) < 4.78 is 13.3. The highest BCUT2D eigenvalue weighted by atomic mass is 32.1. The van der Waals surface area contributed by atoms with E-state index in [0.29, 0.717) is 0 Å². The number of aryl methyl sites for hydroxylation is 1. The maximum Gasteiger partial charge on any atom is 0.505 e. The molecular weight excluding hydrogens is 219 g/mol. The first-order chi connectivity index (χ1) is 7.24. The molecule has 0 bridgehead atoms. The molecule has 2 rings (SSSR count). The minimum Gasteiger partial charge on any atom is -0.399 e. The SMILES string of the molecule is Cc1csc(B2OC(C)(C)C(C)(C)O2)c1C. The van der Waals surface area contributed by atoms with Crippen LogP contribution in [0, 0.1) is 13.8 Å². The maximum absolute atomic E-state index is 6.03. The van der Waals surface area contributed by atoms with E-state index in [1.165, 1.54) is 15.9 Å². The van der Waals surface area contributed by atoms with E-state index in [1.807, 2.05) is 0 Å². The van der Waals surface area contributed by atoms with Crippen LogP contribution in [0.1, 0.15) is 38.8 Å². The molecule has 0 amide bonds. The lowest BCUT2D eigenvalue weighted by Crippen LogP contribution is -2.41. The Labute approximate surface area is 102 Å². The second-order valence-corrected chi connectivity index (χ2v) is 6.41. The van der Waals surface area contributed by atoms with Crippen molar-refractivity contribution in [3.63, 3.8) is 0 Å². The number of rotatable bonds is 1. The topological polar surface area (TPSA) is 18.5 Å². The van der Waals surface area contributed by atoms with Crippen molar-refractivity contribution in [2.75, 3.05) is 0 Å². The first kappa shape index (κ1) is 12.2. The fourth-order valence-corrected chi connectivity index (χ4v) is 2.73. The van der Waals surface area contributed by atoms with E-state index in [1.54, 1.807) is 11.3 Å². The lowest BCUT2D eigenvalue weighted by atomic mass is 9.84. The van der Waals surface area contributed by atoms with Gasteiger partial charge in [0.1, 0.15) is 0 Å². The van der Waals surface area contributed by atoms with E-state index in [4.69, 9.17) is 9.31 Å². The zero-order valence-electron chi connectivity index (χ0n) is 10.9. The molecule has 0 aromatic carbocycles. The molecule has 1 aromatic heterocycles. The second-order valence-electron chi connectivity index (χ2n) is 5.50. The number of thiophene rings is 1. The van der Waals surface area contributed by atoms with Gasteiger partial charge in [0.15, 0.2) is 0 Å². The van der Waals surface area contributed by atoms with Crippen molar-refractivity contribution in [2.24, 2.45) is 0 Å². The van der Waals surface area contributed by atoms with Crippen LogP contribution in [0.15, 0.2) is 5.38 Å². The zero-order chi connectivity index (χ0) is 12.1. The third-order valence-corrected chi connectivity index (χ3v) is 5.02. The van der Waals surface area contributed by atoms with Gasteiger partial charge in [0, 0.05) is 4.78 Å². The van der Waals surface area contributed by atoms with Gasteiger partial charge in [-0.25, -0.2) is 0 Å². The van der Waals surface area contributed by atoms with E-state index in [-0.39, 0.29) is 18.3 Å². The third-order valence-electron chi connectivity index (χ3n) is 3.79. The van der Waals surface area contributed by atoms with Crippen LogP contribution < -0.4 is 4.78 Å². The van der Waals surface area contributed by atoms with Crippen LogP contribution >= 0.6 is 11.3 Å². The Morgan fingerprint density at radius 1 is 1.06 bits per heavy atom. The van der Waals surface area contributed by atoms with Crippen molar-refractivity contribution in [3.05, 3.63) is 16.5 Å². The normalized spacial score (nSPS) is 22.8. The molecule has 1 aromatic rings. The highest BCUT2D eigenvalue weighted by Gasteiger charge is 2.52. The highest BCUT2D eigenvalue weighted by molar-refractivity contribution is 7.21. The largest absolute Gasteiger partial charge is 0.505 e. The van der Waals surface area contributed by atoms with Crippen molar-refractivity contribution in [1.82, 2.24) is 0 Å². The van der Waals surface area contributed by atoms with Crippen LogP contribution in [0.4, 0.5) is 0 Å². The molecule has 1 aliphatic heterocycles. The van der Waals surface area contributed by atoms with Gasteiger partial charge < -0.3 is 9.31 Å². The number of hydrogen-bond acceptors (Lipinski definition) is 3. The van der Waals surface area contributed by atoms with Gasteiger partial charge in [-0.2, -0.15) is 11.3 Å². The van der Waals surface area contributed by atoms with E-state index in [0.717, 1.165) is 0 Å². The molecule has 0 radical (unpaired) electrons. The van der Waals surface area contributed by atoms with Crippen molar-refractivity contribution in [1.29, 1.82) is 0 Å². The lowest BCUT2D eigenvalue weighted by molar-refractivity contribution is 0.00578. The maximum atomic E-state index is 6.03. The first-order valence-corrected chi connectivity index (χ1v) is 6.53. The summed E-state index contributed by atoms with van der Waals surface area (Å²) in [6.45, 7) is 12.6. The predicted octanol–water partition coefficient (Wildman–Crippen LogP) is 2.66. The molecule has 0 N–H and O–H groups in total. The Bertz CT molecular complexity index is 393. The summed E-state index contributed by atoms with van der Waals surface area (Å²) in [5, 5.41) is 2.16.